The summed E-state index contributed by atoms with van der Waals surface area (Å²) >= 11 is 11.0. The average molecular weight is 446 g/mol. The molecule has 7 heteroatoms. The summed E-state index contributed by atoms with van der Waals surface area (Å²) in [4.78, 5) is 7.93. The molecule has 0 spiro atoms. The minimum absolute atomic E-state index is 0.0173. The topological polar surface area (TPSA) is 37.4 Å². The van der Waals surface area contributed by atoms with Gasteiger partial charge in [0.15, 0.2) is 5.11 Å². The largest absolute Gasteiger partial charge is 0.497 e. The lowest BCUT2D eigenvalue weighted by molar-refractivity contribution is 0.415. The molecule has 132 valence electrons. The van der Waals surface area contributed by atoms with Crippen LogP contribution in [0.4, 0.5) is 5.69 Å². The maximum Gasteiger partial charge on any atom is 0.174 e. The van der Waals surface area contributed by atoms with Gasteiger partial charge in [0.05, 0.1) is 24.9 Å². The summed E-state index contributed by atoms with van der Waals surface area (Å²) in [5.74, 6) is 0.823. The van der Waals surface area contributed by atoms with Crippen molar-refractivity contribution in [3.63, 3.8) is 0 Å². The maximum absolute atomic E-state index is 5.69. The molecule has 2 atom stereocenters. The second-order valence-electron chi connectivity index (χ2n) is 5.86. The number of halogens is 1. The average Bonchev–Trinajstić information content (AvgIpc) is 3.25. The monoisotopic (exact) mass is 445 g/mol. The number of nitrogens with one attached hydrogen (secondary N) is 1. The highest BCUT2D eigenvalue weighted by Gasteiger charge is 2.41. The van der Waals surface area contributed by atoms with Crippen LogP contribution in [-0.2, 0) is 0 Å². The molecule has 0 bridgehead atoms. The van der Waals surface area contributed by atoms with E-state index in [1.54, 1.807) is 18.4 Å². The SMILES string of the molecule is COc1ccc(N2C(=S)NC(c3ccccn3)C2c2cc(Br)cs2)cc1. The molecule has 1 aliphatic rings. The number of ether oxygens (including phenoxy) is 1. The molecule has 2 aromatic heterocycles. The smallest absolute Gasteiger partial charge is 0.174 e. The van der Waals surface area contributed by atoms with Crippen LogP contribution in [-0.4, -0.2) is 17.2 Å². The van der Waals surface area contributed by atoms with E-state index in [1.165, 1.54) is 4.88 Å². The highest BCUT2D eigenvalue weighted by Crippen LogP contribution is 2.44. The first kappa shape index (κ1) is 17.5. The number of anilines is 1. The molecule has 1 N–H and O–H groups in total. The van der Waals surface area contributed by atoms with Gasteiger partial charge in [-0.05, 0) is 70.6 Å². The van der Waals surface area contributed by atoms with Crippen LogP contribution in [0.15, 0.2) is 64.6 Å². The van der Waals surface area contributed by atoms with Gasteiger partial charge in [-0.25, -0.2) is 0 Å². The van der Waals surface area contributed by atoms with Crippen molar-refractivity contribution < 1.29 is 4.74 Å². The molecule has 1 aromatic carbocycles. The fourth-order valence-electron chi connectivity index (χ4n) is 3.15. The number of pyridine rings is 1. The Hall–Kier alpha value is -1.96. The minimum Gasteiger partial charge on any atom is -0.497 e. The van der Waals surface area contributed by atoms with Gasteiger partial charge >= 0.3 is 0 Å². The Bertz CT molecular complexity index is 914. The molecule has 0 saturated carbocycles. The predicted octanol–water partition coefficient (Wildman–Crippen LogP) is 5.09. The van der Waals surface area contributed by atoms with Gasteiger partial charge < -0.3 is 15.0 Å². The van der Waals surface area contributed by atoms with Crippen LogP contribution in [0.5, 0.6) is 5.75 Å². The quantitative estimate of drug-likeness (QED) is 0.565. The number of benzene rings is 1. The van der Waals surface area contributed by atoms with E-state index in [1.807, 2.05) is 48.7 Å². The number of hydrogen-bond acceptors (Lipinski definition) is 4. The third-order valence-electron chi connectivity index (χ3n) is 4.33. The number of thiophene rings is 1. The Morgan fingerprint density at radius 3 is 2.65 bits per heavy atom. The van der Waals surface area contributed by atoms with E-state index in [0.29, 0.717) is 5.11 Å². The van der Waals surface area contributed by atoms with Gasteiger partial charge in [0, 0.05) is 26.6 Å². The van der Waals surface area contributed by atoms with Gasteiger partial charge in [0.25, 0.3) is 0 Å². The van der Waals surface area contributed by atoms with Crippen LogP contribution >= 0.6 is 39.5 Å². The van der Waals surface area contributed by atoms with E-state index in [0.717, 1.165) is 21.6 Å². The van der Waals surface area contributed by atoms with Crippen molar-refractivity contribution in [1.29, 1.82) is 0 Å². The summed E-state index contributed by atoms with van der Waals surface area (Å²) in [6.45, 7) is 0. The van der Waals surface area contributed by atoms with Crippen LogP contribution in [0.2, 0.25) is 0 Å². The Morgan fingerprint density at radius 2 is 2.04 bits per heavy atom. The van der Waals surface area contributed by atoms with Crippen molar-refractivity contribution >= 4 is 50.3 Å². The van der Waals surface area contributed by atoms with Crippen molar-refractivity contribution in [3.05, 3.63) is 75.2 Å². The lowest BCUT2D eigenvalue weighted by atomic mass is 10.0. The summed E-state index contributed by atoms with van der Waals surface area (Å²) in [5.41, 5.74) is 2.00. The van der Waals surface area contributed by atoms with E-state index < -0.39 is 0 Å². The Morgan fingerprint density at radius 1 is 1.23 bits per heavy atom. The highest BCUT2D eigenvalue weighted by molar-refractivity contribution is 9.10. The van der Waals surface area contributed by atoms with Crippen molar-refractivity contribution in [2.45, 2.75) is 12.1 Å². The number of aromatic nitrogens is 1. The first-order valence-electron chi connectivity index (χ1n) is 8.06. The Kier molecular flexibility index (Phi) is 4.93. The van der Waals surface area contributed by atoms with Crippen LogP contribution in [0.3, 0.4) is 0 Å². The lowest BCUT2D eigenvalue weighted by Crippen LogP contribution is -2.29. The fourth-order valence-corrected chi connectivity index (χ4v) is 5.07. The van der Waals surface area contributed by atoms with Crippen LogP contribution in [0, 0.1) is 0 Å². The third-order valence-corrected chi connectivity index (χ3v) is 6.41. The van der Waals surface area contributed by atoms with Gasteiger partial charge in [-0.1, -0.05) is 6.07 Å². The molecular weight excluding hydrogens is 430 g/mol. The van der Waals surface area contributed by atoms with E-state index in [2.05, 4.69) is 42.6 Å². The van der Waals surface area contributed by atoms with Gasteiger partial charge in [-0.3, -0.25) is 4.98 Å². The zero-order valence-corrected chi connectivity index (χ0v) is 17.1. The van der Waals surface area contributed by atoms with Gasteiger partial charge in [-0.15, -0.1) is 11.3 Å². The Labute approximate surface area is 170 Å². The number of hydrogen-bond donors (Lipinski definition) is 1. The molecule has 1 fully saturated rings. The van der Waals surface area contributed by atoms with E-state index in [4.69, 9.17) is 17.0 Å². The van der Waals surface area contributed by atoms with E-state index in [-0.39, 0.29) is 12.1 Å². The highest BCUT2D eigenvalue weighted by atomic mass is 79.9. The summed E-state index contributed by atoms with van der Waals surface area (Å²) in [7, 11) is 1.67. The number of thiocarbonyl (C=S) groups is 1. The summed E-state index contributed by atoms with van der Waals surface area (Å²) in [6.07, 6.45) is 1.82. The predicted molar refractivity (Wildman–Crippen MR) is 113 cm³/mol. The van der Waals surface area contributed by atoms with E-state index >= 15 is 0 Å². The maximum atomic E-state index is 5.69. The number of methoxy groups -OCH3 is 1. The summed E-state index contributed by atoms with van der Waals surface area (Å²) in [5, 5.41) is 6.25. The second-order valence-corrected chi connectivity index (χ2v) is 8.11. The van der Waals surface area contributed by atoms with Crippen LogP contribution < -0.4 is 15.0 Å². The molecule has 0 radical (unpaired) electrons. The standard InChI is InChI=1S/C19H16BrN3OS2/c1-24-14-7-5-13(6-8-14)23-18(16-10-12(20)11-26-16)17(22-19(23)25)15-4-2-3-9-21-15/h2-11,17-18H,1H3,(H,22,25). The first-order chi connectivity index (χ1) is 12.7. The molecule has 0 aliphatic carbocycles. The van der Waals surface area contributed by atoms with Crippen LogP contribution in [0.25, 0.3) is 0 Å². The summed E-state index contributed by atoms with van der Waals surface area (Å²) in [6, 6.07) is 16.1. The summed E-state index contributed by atoms with van der Waals surface area (Å²) < 4.78 is 6.36. The van der Waals surface area contributed by atoms with Crippen molar-refractivity contribution in [1.82, 2.24) is 10.3 Å². The lowest BCUT2D eigenvalue weighted by Gasteiger charge is -2.27. The zero-order chi connectivity index (χ0) is 18.1. The molecule has 26 heavy (non-hydrogen) atoms. The molecule has 3 aromatic rings. The van der Waals surface area contributed by atoms with Crippen LogP contribution in [0.1, 0.15) is 22.7 Å². The fraction of sp³-hybridized carbons (Fsp3) is 0.158. The molecule has 4 nitrogen and oxygen atoms in total. The van der Waals surface area contributed by atoms with Crippen molar-refractivity contribution in [3.8, 4) is 5.75 Å². The molecule has 4 rings (SSSR count). The molecule has 3 heterocycles. The first-order valence-corrected chi connectivity index (χ1v) is 10.1. The van der Waals surface area contributed by atoms with E-state index in [9.17, 15) is 0 Å². The molecular formula is C19H16BrN3OS2. The minimum atomic E-state index is -0.0173. The van der Waals surface area contributed by atoms with Crippen molar-refractivity contribution in [2.24, 2.45) is 0 Å². The van der Waals surface area contributed by atoms with Gasteiger partial charge in [-0.2, -0.15) is 0 Å². The number of rotatable bonds is 4. The molecule has 0 amide bonds. The Balaban J connectivity index is 1.79. The normalized spacial score (nSPS) is 19.5. The van der Waals surface area contributed by atoms with Gasteiger partial charge in [0.2, 0.25) is 0 Å². The third kappa shape index (κ3) is 3.22. The molecule has 1 saturated heterocycles. The number of nitrogens with zero attached hydrogens (tertiary/aromatic N) is 2. The van der Waals surface area contributed by atoms with Crippen molar-refractivity contribution in [2.75, 3.05) is 12.0 Å². The van der Waals surface area contributed by atoms with Gasteiger partial charge in [0.1, 0.15) is 5.75 Å². The molecule has 1 aliphatic heterocycles. The second kappa shape index (κ2) is 7.34. The zero-order valence-electron chi connectivity index (χ0n) is 13.9. The molecule has 2 unspecified atom stereocenters.